The quantitative estimate of drug-likeness (QED) is 0.0267. The Labute approximate surface area is 337 Å². The van der Waals surface area contributed by atoms with Crippen LogP contribution < -0.4 is 5.32 Å². The summed E-state index contributed by atoms with van der Waals surface area (Å²) in [6, 6.07) is -0.797. The number of rotatable bonds is 39. The maximum absolute atomic E-state index is 12.9. The molecule has 1 amide bonds. The Balaban J connectivity index is 2.31. The van der Waals surface area contributed by atoms with Crippen LogP contribution in [0, 0.1) is 0 Å². The largest absolute Gasteiger partial charge is 0.394 e. The van der Waals surface area contributed by atoms with Crippen LogP contribution in [0.5, 0.6) is 0 Å². The van der Waals surface area contributed by atoms with Gasteiger partial charge in [0.1, 0.15) is 24.4 Å². The molecule has 1 aliphatic heterocycles. The summed E-state index contributed by atoms with van der Waals surface area (Å²) < 4.78 is 11.2. The van der Waals surface area contributed by atoms with E-state index in [4.69, 9.17) is 9.47 Å². The van der Waals surface area contributed by atoms with Gasteiger partial charge in [-0.2, -0.15) is 0 Å². The van der Waals surface area contributed by atoms with Crippen LogP contribution in [0.4, 0.5) is 0 Å². The minimum absolute atomic E-state index is 0.174. The van der Waals surface area contributed by atoms with E-state index in [2.05, 4.69) is 19.2 Å². The number of aliphatic hydroxyl groups excluding tert-OH is 5. The van der Waals surface area contributed by atoms with Crippen molar-refractivity contribution in [2.24, 2.45) is 0 Å². The van der Waals surface area contributed by atoms with Gasteiger partial charge in [-0.1, -0.05) is 206 Å². The van der Waals surface area contributed by atoms with Crippen LogP contribution in [0.1, 0.15) is 219 Å². The smallest absolute Gasteiger partial charge is 0.220 e. The van der Waals surface area contributed by atoms with Crippen LogP contribution in [0.25, 0.3) is 0 Å². The lowest BCUT2D eigenvalue weighted by atomic mass is 9.99. The Morgan fingerprint density at radius 1 is 0.600 bits per heavy atom. The highest BCUT2D eigenvalue weighted by atomic mass is 16.7. The average molecular weight is 784 g/mol. The number of unbranched alkanes of at least 4 members (excludes halogenated alkanes) is 29. The molecular weight excluding hydrogens is 695 g/mol. The van der Waals surface area contributed by atoms with Crippen molar-refractivity contribution in [2.45, 2.75) is 262 Å². The Morgan fingerprint density at radius 3 is 1.42 bits per heavy atom. The lowest BCUT2D eigenvalue weighted by Gasteiger charge is -2.40. The van der Waals surface area contributed by atoms with Crippen LogP contribution in [-0.4, -0.2) is 87.5 Å². The third kappa shape index (κ3) is 28.1. The van der Waals surface area contributed by atoms with E-state index in [1.54, 1.807) is 6.08 Å². The van der Waals surface area contributed by atoms with Crippen molar-refractivity contribution in [1.29, 1.82) is 0 Å². The van der Waals surface area contributed by atoms with Gasteiger partial charge in [0, 0.05) is 6.42 Å². The second-order valence-corrected chi connectivity index (χ2v) is 16.6. The zero-order chi connectivity index (χ0) is 40.2. The number of hydrogen-bond acceptors (Lipinski definition) is 8. The standard InChI is InChI=1S/C46H89NO8/c1-3-5-7-9-11-13-15-17-18-19-20-21-22-24-26-28-30-32-34-36-42(50)47-39(38-54-46-45(53)44(52)43(51)41(37-48)55-46)40(49)35-33-31-29-27-25-23-16-14-12-10-8-6-4-2/h33,35,39-41,43-46,48-49,51-53H,3-32,34,36-38H2,1-2H3,(H,47,50)/b35-33+/t39-,40+,41?,43-,44-,45?,46+/m0/s1. The minimum Gasteiger partial charge on any atom is -0.394 e. The predicted octanol–water partition coefficient (Wildman–Crippen LogP) is 9.73. The molecule has 1 heterocycles. The van der Waals surface area contributed by atoms with Gasteiger partial charge in [0.25, 0.3) is 0 Å². The number of carbonyl (C=O) groups excluding carboxylic acids is 1. The first kappa shape index (κ1) is 51.9. The summed E-state index contributed by atoms with van der Waals surface area (Å²) in [5.41, 5.74) is 0. The Kier molecular flexibility index (Phi) is 35.2. The van der Waals surface area contributed by atoms with Gasteiger partial charge < -0.3 is 40.3 Å². The fourth-order valence-electron chi connectivity index (χ4n) is 7.57. The molecule has 0 aromatic rings. The Bertz CT molecular complexity index is 873. The summed E-state index contributed by atoms with van der Waals surface area (Å²) in [4.78, 5) is 12.9. The van der Waals surface area contributed by atoms with E-state index in [9.17, 15) is 30.3 Å². The summed E-state index contributed by atoms with van der Waals surface area (Å²) in [5, 5.41) is 54.2. The molecule has 0 radical (unpaired) electrons. The van der Waals surface area contributed by atoms with Gasteiger partial charge in [-0.3, -0.25) is 4.79 Å². The van der Waals surface area contributed by atoms with Gasteiger partial charge in [-0.05, 0) is 19.3 Å². The molecule has 0 saturated carbocycles. The average Bonchev–Trinajstić information content (AvgIpc) is 3.18. The molecule has 1 rings (SSSR count). The molecule has 55 heavy (non-hydrogen) atoms. The highest BCUT2D eigenvalue weighted by Crippen LogP contribution is 2.23. The highest BCUT2D eigenvalue weighted by molar-refractivity contribution is 5.76. The van der Waals surface area contributed by atoms with E-state index >= 15 is 0 Å². The molecule has 0 aliphatic carbocycles. The number of amides is 1. The SMILES string of the molecule is CCCCCCCCCCCCC/C=C/[C@@H](O)[C@H](CO[C@@H]1OC(CO)[C@H](O)[C@H](O)C1O)NC(=O)CCCCCCCCCCCCCCCCCCCCC. The van der Waals surface area contributed by atoms with E-state index in [0.717, 1.165) is 38.5 Å². The number of allylic oxidation sites excluding steroid dienone is 1. The summed E-state index contributed by atoms with van der Waals surface area (Å²) in [6.07, 6.45) is 35.4. The van der Waals surface area contributed by atoms with Gasteiger partial charge >= 0.3 is 0 Å². The molecule has 1 fully saturated rings. The van der Waals surface area contributed by atoms with E-state index in [1.807, 2.05) is 6.08 Å². The lowest BCUT2D eigenvalue weighted by molar-refractivity contribution is -0.302. The fraction of sp³-hybridized carbons (Fsp3) is 0.935. The van der Waals surface area contributed by atoms with Crippen LogP contribution in [0.15, 0.2) is 12.2 Å². The molecule has 326 valence electrons. The van der Waals surface area contributed by atoms with Gasteiger partial charge in [-0.15, -0.1) is 0 Å². The Hall–Kier alpha value is -1.07. The van der Waals surface area contributed by atoms with Crippen molar-refractivity contribution in [3.8, 4) is 0 Å². The Morgan fingerprint density at radius 2 is 1.00 bits per heavy atom. The normalized spacial score (nSPS) is 21.3. The van der Waals surface area contributed by atoms with Gasteiger partial charge in [0.2, 0.25) is 5.91 Å². The van der Waals surface area contributed by atoms with Gasteiger partial charge in [-0.25, -0.2) is 0 Å². The summed E-state index contributed by atoms with van der Waals surface area (Å²) in [6.45, 7) is 3.78. The van der Waals surface area contributed by atoms with Crippen molar-refractivity contribution < 1.29 is 39.8 Å². The van der Waals surface area contributed by atoms with Gasteiger partial charge in [0.15, 0.2) is 6.29 Å². The number of ether oxygens (including phenoxy) is 2. The molecular formula is C46H89NO8. The van der Waals surface area contributed by atoms with E-state index in [-0.39, 0.29) is 12.5 Å². The molecule has 6 N–H and O–H groups in total. The third-order valence-electron chi connectivity index (χ3n) is 11.4. The van der Waals surface area contributed by atoms with Crippen LogP contribution in [0.2, 0.25) is 0 Å². The number of aliphatic hydroxyl groups is 5. The molecule has 2 unspecified atom stereocenters. The second-order valence-electron chi connectivity index (χ2n) is 16.6. The monoisotopic (exact) mass is 784 g/mol. The minimum atomic E-state index is -1.56. The first-order valence-corrected chi connectivity index (χ1v) is 23.4. The summed E-state index contributed by atoms with van der Waals surface area (Å²) >= 11 is 0. The second kappa shape index (κ2) is 37.2. The number of hydrogen-bond donors (Lipinski definition) is 6. The molecule has 0 aromatic carbocycles. The lowest BCUT2D eigenvalue weighted by Crippen LogP contribution is -2.60. The predicted molar refractivity (Wildman–Crippen MR) is 226 cm³/mol. The molecule has 1 saturated heterocycles. The topological polar surface area (TPSA) is 149 Å². The fourth-order valence-corrected chi connectivity index (χ4v) is 7.57. The van der Waals surface area contributed by atoms with Crippen molar-refractivity contribution in [2.75, 3.05) is 13.2 Å². The zero-order valence-corrected chi connectivity index (χ0v) is 35.7. The molecule has 0 bridgehead atoms. The zero-order valence-electron chi connectivity index (χ0n) is 35.7. The third-order valence-corrected chi connectivity index (χ3v) is 11.4. The van der Waals surface area contributed by atoms with E-state index in [0.29, 0.717) is 6.42 Å². The summed E-state index contributed by atoms with van der Waals surface area (Å²) in [7, 11) is 0. The molecule has 0 spiro atoms. The van der Waals surface area contributed by atoms with Crippen LogP contribution in [0.3, 0.4) is 0 Å². The first-order chi connectivity index (χ1) is 26.8. The van der Waals surface area contributed by atoms with Gasteiger partial charge in [0.05, 0.1) is 25.4 Å². The van der Waals surface area contributed by atoms with Crippen molar-refractivity contribution >= 4 is 5.91 Å². The number of carbonyl (C=O) groups is 1. The van der Waals surface area contributed by atoms with E-state index in [1.165, 1.54) is 161 Å². The molecule has 7 atom stereocenters. The number of nitrogens with one attached hydrogen (secondary N) is 1. The highest BCUT2D eigenvalue weighted by Gasteiger charge is 2.44. The molecule has 9 nitrogen and oxygen atoms in total. The molecule has 0 aromatic heterocycles. The van der Waals surface area contributed by atoms with Crippen molar-refractivity contribution in [3.05, 3.63) is 12.2 Å². The first-order valence-electron chi connectivity index (χ1n) is 23.4. The molecule has 9 heteroatoms. The summed E-state index contributed by atoms with van der Waals surface area (Å²) in [5.74, 6) is -0.174. The van der Waals surface area contributed by atoms with E-state index < -0.39 is 49.5 Å². The maximum atomic E-state index is 12.9. The van der Waals surface area contributed by atoms with Crippen molar-refractivity contribution in [1.82, 2.24) is 5.32 Å². The van der Waals surface area contributed by atoms with Crippen LogP contribution >= 0.6 is 0 Å². The molecule has 1 aliphatic rings. The maximum Gasteiger partial charge on any atom is 0.220 e. The van der Waals surface area contributed by atoms with Crippen LogP contribution in [-0.2, 0) is 14.3 Å². The van der Waals surface area contributed by atoms with Crippen molar-refractivity contribution in [3.63, 3.8) is 0 Å².